The van der Waals surface area contributed by atoms with Crippen molar-refractivity contribution in [2.24, 2.45) is 0 Å². The van der Waals surface area contributed by atoms with E-state index in [1.54, 1.807) is 12.1 Å². The van der Waals surface area contributed by atoms with Crippen molar-refractivity contribution in [3.05, 3.63) is 117 Å². The number of fused-ring (bicyclic) bond motifs is 1. The van der Waals surface area contributed by atoms with Crippen LogP contribution in [0.1, 0.15) is 42.7 Å². The lowest BCUT2D eigenvalue weighted by Gasteiger charge is -2.24. The molecule has 0 bridgehead atoms. The number of rotatable bonds is 7. The van der Waals surface area contributed by atoms with Gasteiger partial charge in [0, 0.05) is 42.9 Å². The van der Waals surface area contributed by atoms with Gasteiger partial charge in [-0.1, -0.05) is 72.4 Å². The Morgan fingerprint density at radius 1 is 1.08 bits per heavy atom. The minimum Gasteiger partial charge on any atom is -0.365 e. The van der Waals surface area contributed by atoms with Gasteiger partial charge >= 0.3 is 0 Å². The van der Waals surface area contributed by atoms with E-state index in [4.69, 9.17) is 0 Å². The highest BCUT2D eigenvalue weighted by Gasteiger charge is 2.49. The van der Waals surface area contributed by atoms with Crippen LogP contribution in [0.3, 0.4) is 0 Å². The number of nitro groups is 1. The van der Waals surface area contributed by atoms with Gasteiger partial charge in [-0.3, -0.25) is 10.1 Å². The number of nitrogens with zero attached hydrogens (tertiary/aromatic N) is 3. The predicted molar refractivity (Wildman–Crippen MR) is 148 cm³/mol. The second-order valence-corrected chi connectivity index (χ2v) is 10.8. The topological polar surface area (TPSA) is 49.4 Å². The number of allylic oxidation sites excluding steroid dienone is 1. The second kappa shape index (κ2) is 9.94. The van der Waals surface area contributed by atoms with Gasteiger partial charge in [0.15, 0.2) is 5.71 Å². The monoisotopic (exact) mass is 498 g/mol. The summed E-state index contributed by atoms with van der Waals surface area (Å²) in [6.45, 7) is 9.33. The number of non-ortho nitro benzene ring substituents is 1. The van der Waals surface area contributed by atoms with Crippen LogP contribution in [-0.2, 0) is 11.8 Å². The van der Waals surface area contributed by atoms with Gasteiger partial charge in [-0.05, 0) is 38.3 Å². The summed E-state index contributed by atoms with van der Waals surface area (Å²) in [5.74, 6) is 0. The molecule has 6 heteroatoms. The summed E-state index contributed by atoms with van der Waals surface area (Å²) in [7, 11) is 0. The van der Waals surface area contributed by atoms with E-state index in [0.29, 0.717) is 5.25 Å². The van der Waals surface area contributed by atoms with Gasteiger partial charge in [0.1, 0.15) is 6.54 Å². The number of nitro benzene ring substituents is 1. The first kappa shape index (κ1) is 24.3. The van der Waals surface area contributed by atoms with Crippen molar-refractivity contribution >= 4 is 28.8 Å². The molecule has 0 radical (unpaired) electrons. The molecule has 0 aromatic heterocycles. The summed E-state index contributed by atoms with van der Waals surface area (Å²) in [5.41, 5.74) is 5.63. The molecule has 184 valence electrons. The van der Waals surface area contributed by atoms with E-state index in [9.17, 15) is 10.1 Å². The Morgan fingerprint density at radius 3 is 2.42 bits per heavy atom. The first-order valence-corrected chi connectivity index (χ1v) is 13.5. The molecular weight excluding hydrogens is 466 g/mol. The molecule has 2 unspecified atom stereocenters. The third kappa shape index (κ3) is 4.35. The van der Waals surface area contributed by atoms with E-state index in [1.807, 2.05) is 23.9 Å². The zero-order chi connectivity index (χ0) is 25.3. The number of benzene rings is 3. The van der Waals surface area contributed by atoms with Crippen molar-refractivity contribution in [2.75, 3.05) is 19.6 Å². The second-order valence-electron chi connectivity index (χ2n) is 9.62. The van der Waals surface area contributed by atoms with Gasteiger partial charge < -0.3 is 4.90 Å². The van der Waals surface area contributed by atoms with Crippen molar-refractivity contribution in [1.29, 1.82) is 0 Å². The minimum atomic E-state index is -0.392. The van der Waals surface area contributed by atoms with Crippen LogP contribution in [0.15, 0.2) is 90.0 Å². The van der Waals surface area contributed by atoms with Gasteiger partial charge in [-0.25, -0.2) is 0 Å². The Bertz CT molecular complexity index is 1340. The molecule has 0 amide bonds. The van der Waals surface area contributed by atoms with Crippen LogP contribution >= 0.6 is 11.8 Å². The van der Waals surface area contributed by atoms with E-state index in [2.05, 4.69) is 90.9 Å². The molecule has 5 nitrogen and oxygen atoms in total. The van der Waals surface area contributed by atoms with Crippen LogP contribution in [0.25, 0.3) is 0 Å². The lowest BCUT2D eigenvalue weighted by atomic mass is 9.74. The summed E-state index contributed by atoms with van der Waals surface area (Å²) in [5, 5.41) is 13.3. The van der Waals surface area contributed by atoms with Crippen LogP contribution in [0, 0.1) is 10.1 Å². The Hall–Kier alpha value is -3.38. The van der Waals surface area contributed by atoms with Gasteiger partial charge in [0.05, 0.1) is 20.6 Å². The lowest BCUT2D eigenvalue weighted by molar-refractivity contribution is -0.433. The van der Waals surface area contributed by atoms with E-state index in [0.717, 1.165) is 37.3 Å². The van der Waals surface area contributed by atoms with E-state index < -0.39 is 5.41 Å². The Balaban J connectivity index is 1.63. The molecule has 0 spiro atoms. The normalized spacial score (nSPS) is 22.4. The molecule has 2 aliphatic heterocycles. The molecule has 3 aromatic rings. The molecule has 5 rings (SSSR count). The van der Waals surface area contributed by atoms with Crippen molar-refractivity contribution in [3.8, 4) is 0 Å². The summed E-state index contributed by atoms with van der Waals surface area (Å²) >= 11 is 1.92. The molecule has 0 N–H and O–H groups in total. The maximum absolute atomic E-state index is 11.7. The van der Waals surface area contributed by atoms with Crippen LogP contribution in [0.2, 0.25) is 0 Å². The number of hydrogen-bond donors (Lipinski definition) is 0. The molecule has 0 saturated carbocycles. The number of hydrogen-bond acceptors (Lipinski definition) is 4. The third-order valence-electron chi connectivity index (χ3n) is 7.42. The van der Waals surface area contributed by atoms with Crippen LogP contribution in [-0.4, -0.2) is 39.7 Å². The fourth-order valence-corrected chi connectivity index (χ4v) is 6.94. The summed E-state index contributed by atoms with van der Waals surface area (Å²) in [6, 6.07) is 26.5. The first-order valence-electron chi connectivity index (χ1n) is 12.6. The maximum atomic E-state index is 11.7. The van der Waals surface area contributed by atoms with Crippen LogP contribution in [0.4, 0.5) is 11.4 Å². The van der Waals surface area contributed by atoms with Crippen molar-refractivity contribution in [3.63, 3.8) is 0 Å². The largest absolute Gasteiger partial charge is 0.365 e. The summed E-state index contributed by atoms with van der Waals surface area (Å²) in [6.07, 6.45) is 3.13. The van der Waals surface area contributed by atoms with Crippen molar-refractivity contribution in [2.45, 2.75) is 37.9 Å². The average molecular weight is 499 g/mol. The first-order chi connectivity index (χ1) is 17.4. The van der Waals surface area contributed by atoms with E-state index in [1.165, 1.54) is 21.9 Å². The van der Waals surface area contributed by atoms with E-state index in [-0.39, 0.29) is 10.6 Å². The average Bonchev–Trinajstić information content (AvgIpc) is 3.41. The highest BCUT2D eigenvalue weighted by Crippen LogP contribution is 2.48. The molecule has 0 aliphatic carbocycles. The van der Waals surface area contributed by atoms with Crippen molar-refractivity contribution in [1.82, 2.24) is 4.90 Å². The number of thioether (sulfide) groups is 1. The SMILES string of the molecule is CCN1CC(c2ccccc2)S/C1=C\C1=[N+](CC)c2ccc([N+](=O)[O-])cc2C1(C)Cc1ccccc1. The third-order valence-corrected chi connectivity index (χ3v) is 8.75. The van der Waals surface area contributed by atoms with Crippen molar-refractivity contribution < 1.29 is 9.50 Å². The zero-order valence-electron chi connectivity index (χ0n) is 21.1. The van der Waals surface area contributed by atoms with Crippen LogP contribution < -0.4 is 0 Å². The van der Waals surface area contributed by atoms with Gasteiger partial charge in [-0.2, -0.15) is 4.58 Å². The van der Waals surface area contributed by atoms with Crippen LogP contribution in [0.5, 0.6) is 0 Å². The predicted octanol–water partition coefficient (Wildman–Crippen LogP) is 6.87. The molecule has 1 fully saturated rings. The molecular formula is C30H32N3O2S+. The molecule has 2 aliphatic rings. The molecule has 2 atom stereocenters. The fourth-order valence-electron chi connectivity index (χ4n) is 5.56. The summed E-state index contributed by atoms with van der Waals surface area (Å²) < 4.78 is 2.35. The highest BCUT2D eigenvalue weighted by atomic mass is 32.2. The highest BCUT2D eigenvalue weighted by molar-refractivity contribution is 8.03. The quantitative estimate of drug-likeness (QED) is 0.203. The maximum Gasteiger partial charge on any atom is 0.270 e. The van der Waals surface area contributed by atoms with Gasteiger partial charge in [-0.15, -0.1) is 0 Å². The summed E-state index contributed by atoms with van der Waals surface area (Å²) in [4.78, 5) is 13.9. The lowest BCUT2D eigenvalue weighted by Crippen LogP contribution is -2.34. The Labute approximate surface area is 217 Å². The van der Waals surface area contributed by atoms with Gasteiger partial charge in [0.25, 0.3) is 5.69 Å². The zero-order valence-corrected chi connectivity index (χ0v) is 21.9. The Morgan fingerprint density at radius 2 is 1.78 bits per heavy atom. The van der Waals surface area contributed by atoms with E-state index >= 15 is 0 Å². The standard InChI is InChI=1S/C30H32N3O2S/c1-4-31-21-27(23-14-10-7-11-15-23)36-29(31)19-28-30(3,20-22-12-8-6-9-13-22)25-18-24(33(34)35)16-17-26(25)32(28)5-2/h6-19,27H,4-5,20-21H2,1-3H3/q+1. The molecule has 2 heterocycles. The minimum absolute atomic E-state index is 0.146. The smallest absolute Gasteiger partial charge is 0.270 e. The molecule has 1 saturated heterocycles. The van der Waals surface area contributed by atoms with Gasteiger partial charge in [0.2, 0.25) is 5.69 Å². The Kier molecular flexibility index (Phi) is 6.71. The fraction of sp³-hybridized carbons (Fsp3) is 0.300. The molecule has 36 heavy (non-hydrogen) atoms. The molecule has 3 aromatic carbocycles. The number of likely N-dealkylation sites (N-methyl/N-ethyl adjacent to an activating group) is 1.